The van der Waals surface area contributed by atoms with Gasteiger partial charge in [0.15, 0.2) is 6.10 Å². The van der Waals surface area contributed by atoms with Gasteiger partial charge in [-0.15, -0.1) is 0 Å². The number of nitrogens with one attached hydrogen (secondary N) is 1. The minimum atomic E-state index is -1.25. The van der Waals surface area contributed by atoms with Crippen LogP contribution < -0.4 is 5.32 Å². The molecule has 0 spiro atoms. The van der Waals surface area contributed by atoms with Crippen molar-refractivity contribution in [3.8, 4) is 0 Å². The molecule has 35 heavy (non-hydrogen) atoms. The molecule has 0 aromatic heterocycles. The summed E-state index contributed by atoms with van der Waals surface area (Å²) in [6.45, 7) is 1.30. The topological polar surface area (TPSA) is 136 Å². The molecule has 1 atom stereocenters. The molecule has 10 heteroatoms. The van der Waals surface area contributed by atoms with E-state index in [2.05, 4.69) is 5.32 Å². The van der Waals surface area contributed by atoms with E-state index in [9.17, 15) is 29.3 Å². The quantitative estimate of drug-likeness (QED) is 0.240. The maximum atomic E-state index is 12.6. The molecule has 0 aliphatic carbocycles. The van der Waals surface area contributed by atoms with Crippen molar-refractivity contribution in [3.63, 3.8) is 0 Å². The Morgan fingerprint density at radius 2 is 1.60 bits per heavy atom. The number of nitro groups is 1. The van der Waals surface area contributed by atoms with Gasteiger partial charge in [0.25, 0.3) is 23.4 Å². The van der Waals surface area contributed by atoms with Gasteiger partial charge in [-0.05, 0) is 42.8 Å². The number of imide groups is 1. The molecular formula is C25H19N3O7. The normalized spacial score (nSPS) is 13.2. The number of para-hydroxylation sites is 2. The molecule has 10 nitrogen and oxygen atoms in total. The molecule has 1 unspecified atom stereocenters. The van der Waals surface area contributed by atoms with E-state index in [1.54, 1.807) is 36.4 Å². The summed E-state index contributed by atoms with van der Waals surface area (Å²) in [6.07, 6.45) is -1.25. The molecule has 1 aliphatic rings. The van der Waals surface area contributed by atoms with Crippen molar-refractivity contribution in [1.29, 1.82) is 0 Å². The standard InChI is InChI=1S/C25H19N3O7/c1-15(22(29)26-20-11-4-5-12-21(20)28(33)34)35-25(32)17-8-6-7-16(13-17)14-27-23(30)18-9-2-3-10-19(18)24(27)31/h2-13,15H,14H2,1H3,(H,26,29). The third-order valence-electron chi connectivity index (χ3n) is 5.39. The zero-order valence-electron chi connectivity index (χ0n) is 18.5. The second-order valence-corrected chi connectivity index (χ2v) is 7.75. The van der Waals surface area contributed by atoms with Gasteiger partial charge in [0.2, 0.25) is 0 Å². The molecule has 1 aliphatic heterocycles. The summed E-state index contributed by atoms with van der Waals surface area (Å²) in [4.78, 5) is 61.8. The van der Waals surface area contributed by atoms with Crippen LogP contribution in [0.25, 0.3) is 0 Å². The minimum absolute atomic E-state index is 0.0201. The summed E-state index contributed by atoms with van der Waals surface area (Å²) >= 11 is 0. The highest BCUT2D eigenvalue weighted by atomic mass is 16.6. The third-order valence-corrected chi connectivity index (χ3v) is 5.39. The summed E-state index contributed by atoms with van der Waals surface area (Å²) in [5.74, 6) is -2.38. The molecule has 0 saturated heterocycles. The summed E-state index contributed by atoms with van der Waals surface area (Å²) in [6, 6.07) is 18.3. The number of anilines is 1. The molecule has 4 rings (SSSR count). The highest BCUT2D eigenvalue weighted by Crippen LogP contribution is 2.25. The fourth-order valence-electron chi connectivity index (χ4n) is 3.62. The number of nitrogens with zero attached hydrogens (tertiary/aromatic N) is 2. The predicted molar refractivity (Wildman–Crippen MR) is 124 cm³/mol. The van der Waals surface area contributed by atoms with Gasteiger partial charge in [0, 0.05) is 6.07 Å². The maximum absolute atomic E-state index is 12.6. The Morgan fingerprint density at radius 3 is 2.26 bits per heavy atom. The molecule has 0 radical (unpaired) electrons. The zero-order valence-corrected chi connectivity index (χ0v) is 18.5. The number of ether oxygens (including phenoxy) is 1. The number of carbonyl (C=O) groups is 4. The number of esters is 1. The van der Waals surface area contributed by atoms with E-state index in [1.807, 2.05) is 0 Å². The Balaban J connectivity index is 1.42. The van der Waals surface area contributed by atoms with Gasteiger partial charge in [-0.25, -0.2) is 4.79 Å². The molecule has 3 aromatic carbocycles. The van der Waals surface area contributed by atoms with E-state index < -0.39 is 34.7 Å². The molecule has 0 fully saturated rings. The monoisotopic (exact) mass is 473 g/mol. The van der Waals surface area contributed by atoms with Crippen molar-refractivity contribution in [3.05, 3.63) is 105 Å². The first-order valence-corrected chi connectivity index (χ1v) is 10.6. The molecule has 1 heterocycles. The number of rotatable bonds is 7. The van der Waals surface area contributed by atoms with Crippen molar-refractivity contribution >= 4 is 35.1 Å². The number of fused-ring (bicyclic) bond motifs is 1. The van der Waals surface area contributed by atoms with Gasteiger partial charge in [0.1, 0.15) is 5.69 Å². The third kappa shape index (κ3) is 4.76. The van der Waals surface area contributed by atoms with Crippen LogP contribution >= 0.6 is 0 Å². The fourth-order valence-corrected chi connectivity index (χ4v) is 3.62. The van der Waals surface area contributed by atoms with E-state index in [0.717, 1.165) is 4.90 Å². The number of hydrogen-bond acceptors (Lipinski definition) is 7. The predicted octanol–water partition coefficient (Wildman–Crippen LogP) is 3.58. The number of nitro benzene ring substituents is 1. The second kappa shape index (κ2) is 9.56. The highest BCUT2D eigenvalue weighted by Gasteiger charge is 2.35. The number of carbonyl (C=O) groups excluding carboxylic acids is 4. The average Bonchev–Trinajstić information content (AvgIpc) is 3.09. The summed E-state index contributed by atoms with van der Waals surface area (Å²) < 4.78 is 5.22. The molecule has 176 valence electrons. The van der Waals surface area contributed by atoms with Crippen LogP contribution in [0.15, 0.2) is 72.8 Å². The van der Waals surface area contributed by atoms with Gasteiger partial charge in [-0.3, -0.25) is 29.4 Å². The fraction of sp³-hybridized carbons (Fsp3) is 0.120. The molecule has 3 amide bonds. The van der Waals surface area contributed by atoms with Crippen molar-refractivity contribution < 1.29 is 28.8 Å². The van der Waals surface area contributed by atoms with E-state index in [0.29, 0.717) is 16.7 Å². The minimum Gasteiger partial charge on any atom is -0.449 e. The zero-order chi connectivity index (χ0) is 25.1. The molecule has 1 N–H and O–H groups in total. The van der Waals surface area contributed by atoms with Crippen molar-refractivity contribution in [2.24, 2.45) is 0 Å². The van der Waals surface area contributed by atoms with E-state index >= 15 is 0 Å². The van der Waals surface area contributed by atoms with Crippen LogP contribution in [0.2, 0.25) is 0 Å². The summed E-state index contributed by atoms with van der Waals surface area (Å²) in [5, 5.41) is 13.5. The van der Waals surface area contributed by atoms with Gasteiger partial charge < -0.3 is 10.1 Å². The van der Waals surface area contributed by atoms with Crippen LogP contribution in [0.5, 0.6) is 0 Å². The lowest BCUT2D eigenvalue weighted by Gasteiger charge is -2.16. The van der Waals surface area contributed by atoms with Gasteiger partial charge in [0.05, 0.1) is 28.2 Å². The van der Waals surface area contributed by atoms with Crippen LogP contribution in [0.1, 0.15) is 43.6 Å². The molecular weight excluding hydrogens is 454 g/mol. The summed E-state index contributed by atoms with van der Waals surface area (Å²) in [5.41, 5.74) is 0.974. The van der Waals surface area contributed by atoms with Crippen molar-refractivity contribution in [2.45, 2.75) is 19.6 Å². The van der Waals surface area contributed by atoms with E-state index in [1.165, 1.54) is 43.3 Å². The molecule has 0 bridgehead atoms. The average molecular weight is 473 g/mol. The lowest BCUT2D eigenvalue weighted by Crippen LogP contribution is -2.30. The van der Waals surface area contributed by atoms with Crippen molar-refractivity contribution in [1.82, 2.24) is 4.90 Å². The Morgan fingerprint density at radius 1 is 0.971 bits per heavy atom. The first-order valence-electron chi connectivity index (χ1n) is 10.6. The lowest BCUT2D eigenvalue weighted by molar-refractivity contribution is -0.383. The van der Waals surface area contributed by atoms with Crippen LogP contribution in [-0.4, -0.2) is 39.6 Å². The van der Waals surface area contributed by atoms with E-state index in [4.69, 9.17) is 4.74 Å². The largest absolute Gasteiger partial charge is 0.449 e. The Hall–Kier alpha value is -4.86. The van der Waals surface area contributed by atoms with Gasteiger partial charge in [-0.2, -0.15) is 0 Å². The lowest BCUT2D eigenvalue weighted by atomic mass is 10.1. The van der Waals surface area contributed by atoms with Crippen LogP contribution in [-0.2, 0) is 16.1 Å². The smallest absolute Gasteiger partial charge is 0.338 e. The van der Waals surface area contributed by atoms with Crippen LogP contribution in [0, 0.1) is 10.1 Å². The molecule has 0 saturated carbocycles. The Labute approximate surface area is 199 Å². The Kier molecular flexibility index (Phi) is 6.36. The summed E-state index contributed by atoms with van der Waals surface area (Å²) in [7, 11) is 0. The van der Waals surface area contributed by atoms with Crippen LogP contribution in [0.3, 0.4) is 0 Å². The Bertz CT molecular complexity index is 1330. The van der Waals surface area contributed by atoms with Crippen LogP contribution in [0.4, 0.5) is 11.4 Å². The first kappa shape index (κ1) is 23.3. The highest BCUT2D eigenvalue weighted by molar-refractivity contribution is 6.21. The molecule has 3 aromatic rings. The first-order chi connectivity index (χ1) is 16.8. The van der Waals surface area contributed by atoms with E-state index in [-0.39, 0.29) is 23.5 Å². The number of hydrogen-bond donors (Lipinski definition) is 1. The number of amides is 3. The SMILES string of the molecule is CC(OC(=O)c1cccc(CN2C(=O)c3ccccc3C2=O)c1)C(=O)Nc1ccccc1[N+](=O)[O-]. The van der Waals surface area contributed by atoms with Gasteiger partial charge in [-0.1, -0.05) is 36.4 Å². The van der Waals surface area contributed by atoms with Gasteiger partial charge >= 0.3 is 5.97 Å². The second-order valence-electron chi connectivity index (χ2n) is 7.75. The maximum Gasteiger partial charge on any atom is 0.338 e. The van der Waals surface area contributed by atoms with Crippen molar-refractivity contribution in [2.75, 3.05) is 5.32 Å². The number of benzene rings is 3.